The van der Waals surface area contributed by atoms with Crippen LogP contribution in [-0.2, 0) is 16.6 Å². The van der Waals surface area contributed by atoms with Crippen LogP contribution in [0.3, 0.4) is 0 Å². The minimum Gasteiger partial charge on any atom is -0.265 e. The van der Waals surface area contributed by atoms with Crippen LogP contribution in [-0.4, -0.2) is 24.2 Å². The van der Waals surface area contributed by atoms with Crippen LogP contribution in [0.4, 0.5) is 0 Å². The highest BCUT2D eigenvalue weighted by Gasteiger charge is 2.23. The number of thiophene rings is 1. The van der Waals surface area contributed by atoms with E-state index in [1.165, 1.54) is 17.8 Å². The lowest BCUT2D eigenvalue weighted by molar-refractivity contribution is 0.412. The third-order valence-corrected chi connectivity index (χ3v) is 7.04. The zero-order chi connectivity index (χ0) is 15.6. The Morgan fingerprint density at radius 2 is 2.14 bits per heavy atom. The third kappa shape index (κ3) is 3.26. The zero-order valence-electron chi connectivity index (χ0n) is 12.7. The summed E-state index contributed by atoms with van der Waals surface area (Å²) in [7, 11) is -3.41. The van der Waals surface area contributed by atoms with Crippen LogP contribution in [0.15, 0.2) is 27.9 Å². The minimum atomic E-state index is -3.41. The summed E-state index contributed by atoms with van der Waals surface area (Å²) < 4.78 is 30.1. The summed E-state index contributed by atoms with van der Waals surface area (Å²) >= 11 is 1.27. The van der Waals surface area contributed by atoms with E-state index >= 15 is 0 Å². The van der Waals surface area contributed by atoms with Crippen molar-refractivity contribution >= 4 is 21.4 Å². The van der Waals surface area contributed by atoms with Gasteiger partial charge in [0.2, 0.25) is 10.0 Å². The molecular weight excluding hydrogens is 318 g/mol. The molecule has 2 aromatic rings. The Labute approximate surface area is 135 Å². The quantitative estimate of drug-likeness (QED) is 0.909. The normalized spacial score (nSPS) is 17.0. The predicted molar refractivity (Wildman–Crippen MR) is 88.4 cm³/mol. The van der Waals surface area contributed by atoms with E-state index in [4.69, 9.17) is 0 Å². The molecule has 0 spiro atoms. The van der Waals surface area contributed by atoms with Crippen LogP contribution in [0.1, 0.15) is 39.0 Å². The number of sulfonamides is 1. The summed E-state index contributed by atoms with van der Waals surface area (Å²) in [4.78, 5) is 0. The first-order chi connectivity index (χ1) is 10.6. The van der Waals surface area contributed by atoms with Gasteiger partial charge in [-0.1, -0.05) is 19.3 Å². The number of hydrogen-bond acceptors (Lipinski definition) is 4. The number of nitrogens with one attached hydrogen (secondary N) is 1. The molecule has 0 aromatic carbocycles. The Morgan fingerprint density at radius 3 is 2.86 bits per heavy atom. The summed E-state index contributed by atoms with van der Waals surface area (Å²) in [6.45, 7) is 2.78. The van der Waals surface area contributed by atoms with Gasteiger partial charge >= 0.3 is 0 Å². The first-order valence-electron chi connectivity index (χ1n) is 7.73. The van der Waals surface area contributed by atoms with Crippen molar-refractivity contribution in [3.05, 3.63) is 23.7 Å². The van der Waals surface area contributed by atoms with Gasteiger partial charge in [0.1, 0.15) is 4.21 Å². The van der Waals surface area contributed by atoms with Crippen LogP contribution >= 0.6 is 11.3 Å². The molecular formula is C15H21N3O2S2. The lowest BCUT2D eigenvalue weighted by atomic mass is 9.96. The number of rotatable bonds is 5. The third-order valence-electron chi connectivity index (χ3n) is 4.08. The Morgan fingerprint density at radius 1 is 1.36 bits per heavy atom. The molecule has 0 radical (unpaired) electrons. The standard InChI is InChI=1S/C15H21N3O2S2/c1-2-18-14(8-9-16-18)12-10-15(21-11-12)22(19,20)17-13-6-4-3-5-7-13/h8-11,13,17H,2-7H2,1H3. The van der Waals surface area contributed by atoms with E-state index in [-0.39, 0.29) is 6.04 Å². The van der Waals surface area contributed by atoms with E-state index in [9.17, 15) is 8.42 Å². The van der Waals surface area contributed by atoms with Crippen molar-refractivity contribution < 1.29 is 8.42 Å². The van der Waals surface area contributed by atoms with E-state index in [1.54, 1.807) is 12.3 Å². The molecule has 1 aliphatic rings. The molecule has 22 heavy (non-hydrogen) atoms. The first-order valence-corrected chi connectivity index (χ1v) is 10.1. The summed E-state index contributed by atoms with van der Waals surface area (Å²) in [5.74, 6) is 0. The van der Waals surface area contributed by atoms with Gasteiger partial charge in [-0.2, -0.15) is 5.10 Å². The average Bonchev–Trinajstić information content (AvgIpc) is 3.16. The summed E-state index contributed by atoms with van der Waals surface area (Å²) in [5.41, 5.74) is 1.87. The van der Waals surface area contributed by atoms with Gasteiger partial charge in [0.05, 0.1) is 5.69 Å². The van der Waals surface area contributed by atoms with Crippen molar-refractivity contribution in [2.24, 2.45) is 0 Å². The second kappa shape index (κ2) is 6.52. The van der Waals surface area contributed by atoms with Gasteiger partial charge < -0.3 is 0 Å². The van der Waals surface area contributed by atoms with Gasteiger partial charge in [0.25, 0.3) is 0 Å². The van der Waals surface area contributed by atoms with Crippen molar-refractivity contribution in [2.75, 3.05) is 0 Å². The molecule has 1 fully saturated rings. The van der Waals surface area contributed by atoms with Gasteiger partial charge in [-0.3, -0.25) is 4.68 Å². The maximum Gasteiger partial charge on any atom is 0.250 e. The molecule has 7 heteroatoms. The predicted octanol–water partition coefficient (Wildman–Crippen LogP) is 3.24. The molecule has 0 saturated heterocycles. The second-order valence-corrected chi connectivity index (χ2v) is 8.49. The molecule has 0 unspecified atom stereocenters. The van der Waals surface area contributed by atoms with Gasteiger partial charge in [0.15, 0.2) is 0 Å². The smallest absolute Gasteiger partial charge is 0.250 e. The minimum absolute atomic E-state index is 0.0884. The number of aryl methyl sites for hydroxylation is 1. The van der Waals surface area contributed by atoms with Crippen molar-refractivity contribution in [2.45, 2.75) is 55.8 Å². The van der Waals surface area contributed by atoms with Gasteiger partial charge in [-0.25, -0.2) is 13.1 Å². The molecule has 3 rings (SSSR count). The fraction of sp³-hybridized carbons (Fsp3) is 0.533. The maximum absolute atomic E-state index is 12.5. The summed E-state index contributed by atoms with van der Waals surface area (Å²) in [6.07, 6.45) is 7.06. The van der Waals surface area contributed by atoms with E-state index in [1.807, 2.05) is 23.1 Å². The Hall–Kier alpha value is -1.18. The topological polar surface area (TPSA) is 64.0 Å². The van der Waals surface area contributed by atoms with Crippen molar-refractivity contribution in [3.8, 4) is 11.3 Å². The maximum atomic E-state index is 12.5. The van der Waals surface area contributed by atoms with E-state index in [0.717, 1.165) is 43.5 Å². The molecule has 2 aromatic heterocycles. The van der Waals surface area contributed by atoms with E-state index in [2.05, 4.69) is 9.82 Å². The number of hydrogen-bond donors (Lipinski definition) is 1. The molecule has 5 nitrogen and oxygen atoms in total. The Balaban J connectivity index is 1.80. The highest BCUT2D eigenvalue weighted by atomic mass is 32.2. The van der Waals surface area contributed by atoms with Gasteiger partial charge in [-0.15, -0.1) is 11.3 Å². The fourth-order valence-corrected chi connectivity index (χ4v) is 5.41. The average molecular weight is 339 g/mol. The SMILES string of the molecule is CCn1nccc1-c1csc(S(=O)(=O)NC2CCCCC2)c1. The lowest BCUT2D eigenvalue weighted by Crippen LogP contribution is -2.35. The van der Waals surface area contributed by atoms with Crippen LogP contribution < -0.4 is 4.72 Å². The Bertz CT molecular complexity index is 728. The fourth-order valence-electron chi connectivity index (χ4n) is 2.92. The summed E-state index contributed by atoms with van der Waals surface area (Å²) in [6, 6.07) is 3.75. The molecule has 1 saturated carbocycles. The van der Waals surface area contributed by atoms with Crippen molar-refractivity contribution in [3.63, 3.8) is 0 Å². The van der Waals surface area contributed by atoms with Crippen molar-refractivity contribution in [1.29, 1.82) is 0 Å². The van der Waals surface area contributed by atoms with Crippen LogP contribution in [0.5, 0.6) is 0 Å². The highest BCUT2D eigenvalue weighted by Crippen LogP contribution is 2.29. The van der Waals surface area contributed by atoms with E-state index < -0.39 is 10.0 Å². The van der Waals surface area contributed by atoms with Gasteiger partial charge in [-0.05, 0) is 31.9 Å². The van der Waals surface area contributed by atoms with Crippen LogP contribution in [0, 0.1) is 0 Å². The lowest BCUT2D eigenvalue weighted by Gasteiger charge is -2.22. The molecule has 0 amide bonds. The summed E-state index contributed by atoms with van der Waals surface area (Å²) in [5, 5.41) is 6.12. The number of aromatic nitrogens is 2. The largest absolute Gasteiger partial charge is 0.265 e. The molecule has 0 aliphatic heterocycles. The molecule has 0 bridgehead atoms. The Kier molecular flexibility index (Phi) is 4.65. The molecule has 1 aliphatic carbocycles. The van der Waals surface area contributed by atoms with Gasteiger partial charge in [0, 0.05) is 29.7 Å². The van der Waals surface area contributed by atoms with E-state index in [0.29, 0.717) is 4.21 Å². The first kappa shape index (κ1) is 15.7. The molecule has 1 N–H and O–H groups in total. The zero-order valence-corrected chi connectivity index (χ0v) is 14.3. The van der Waals surface area contributed by atoms with Crippen LogP contribution in [0.25, 0.3) is 11.3 Å². The second-order valence-electron chi connectivity index (χ2n) is 5.64. The van der Waals surface area contributed by atoms with Crippen LogP contribution in [0.2, 0.25) is 0 Å². The van der Waals surface area contributed by atoms with Crippen molar-refractivity contribution in [1.82, 2.24) is 14.5 Å². The number of nitrogens with zero attached hydrogens (tertiary/aromatic N) is 2. The molecule has 120 valence electrons. The monoisotopic (exact) mass is 339 g/mol. The molecule has 2 heterocycles. The molecule has 0 atom stereocenters. The highest BCUT2D eigenvalue weighted by molar-refractivity contribution is 7.91.